The van der Waals surface area contributed by atoms with Crippen LogP contribution in [-0.2, 0) is 27.6 Å². The molecule has 2 aromatic heterocycles. The Balaban J connectivity index is 1.51. The summed E-state index contributed by atoms with van der Waals surface area (Å²) in [6.07, 6.45) is 5.19. The summed E-state index contributed by atoms with van der Waals surface area (Å²) >= 11 is 0. The molecule has 8 nitrogen and oxygen atoms in total. The van der Waals surface area contributed by atoms with Crippen LogP contribution in [0.2, 0.25) is 0 Å². The molecule has 31 heavy (non-hydrogen) atoms. The van der Waals surface area contributed by atoms with E-state index in [-0.39, 0.29) is 16.9 Å². The molecule has 9 heteroatoms. The van der Waals surface area contributed by atoms with Gasteiger partial charge in [0.2, 0.25) is 5.88 Å². The molecular formula is C22H30N4O4S. The zero-order valence-electron chi connectivity index (χ0n) is 18.3. The third kappa shape index (κ3) is 4.83. The minimum Gasteiger partial charge on any atom is -0.479 e. The maximum Gasteiger partial charge on any atom is 0.263 e. The highest BCUT2D eigenvalue weighted by atomic mass is 32.2. The highest BCUT2D eigenvalue weighted by Crippen LogP contribution is 2.38. The molecule has 1 saturated carbocycles. The van der Waals surface area contributed by atoms with E-state index in [1.807, 2.05) is 13.0 Å². The summed E-state index contributed by atoms with van der Waals surface area (Å²) in [5.41, 5.74) is 3.27. The summed E-state index contributed by atoms with van der Waals surface area (Å²) in [7, 11) is -0.237. The molecule has 0 bridgehead atoms. The average molecular weight is 447 g/mol. The van der Waals surface area contributed by atoms with Crippen LogP contribution in [0.25, 0.3) is 0 Å². The largest absolute Gasteiger partial charge is 0.479 e. The second-order valence-electron chi connectivity index (χ2n) is 8.22. The van der Waals surface area contributed by atoms with Crippen LogP contribution in [-0.4, -0.2) is 63.2 Å². The number of likely N-dealkylation sites (N-methyl/N-ethyl adjacent to an activating group) is 1. The lowest BCUT2D eigenvalue weighted by Crippen LogP contribution is -2.30. The first-order valence-electron chi connectivity index (χ1n) is 10.7. The summed E-state index contributed by atoms with van der Waals surface area (Å²) in [5, 5.41) is 0. The van der Waals surface area contributed by atoms with Crippen molar-refractivity contribution in [1.82, 2.24) is 14.9 Å². The zero-order chi connectivity index (χ0) is 22.0. The van der Waals surface area contributed by atoms with Crippen molar-refractivity contribution in [1.29, 1.82) is 0 Å². The minimum atomic E-state index is -3.81. The van der Waals surface area contributed by atoms with Crippen LogP contribution in [0, 0.1) is 0 Å². The summed E-state index contributed by atoms with van der Waals surface area (Å²) < 4.78 is 39.6. The Bertz CT molecular complexity index is 1020. The Morgan fingerprint density at radius 2 is 2.00 bits per heavy atom. The van der Waals surface area contributed by atoms with E-state index in [1.165, 1.54) is 13.3 Å². The van der Waals surface area contributed by atoms with Crippen molar-refractivity contribution in [3.05, 3.63) is 41.3 Å². The van der Waals surface area contributed by atoms with Crippen molar-refractivity contribution in [3.8, 4) is 5.88 Å². The lowest BCUT2D eigenvalue weighted by molar-refractivity contribution is -0.00403. The predicted octanol–water partition coefficient (Wildman–Crippen LogP) is 2.60. The van der Waals surface area contributed by atoms with E-state index in [0.29, 0.717) is 18.2 Å². The first-order valence-corrected chi connectivity index (χ1v) is 12.2. The van der Waals surface area contributed by atoms with Crippen LogP contribution in [0.15, 0.2) is 29.3 Å². The SMILES string of the molecule is CCO[C@H]1C[C@@H](c2ccc(S(=O)(=O)Nc3cc4c(nc3OC)CCN(C)CC4)cn2)C1. The molecule has 0 aromatic carbocycles. The minimum absolute atomic E-state index is 0.119. The van der Waals surface area contributed by atoms with Gasteiger partial charge in [-0.25, -0.2) is 13.4 Å². The average Bonchev–Trinajstić information content (AvgIpc) is 2.91. The molecule has 0 saturated heterocycles. The fraction of sp³-hybridized carbons (Fsp3) is 0.545. The summed E-state index contributed by atoms with van der Waals surface area (Å²) in [4.78, 5) is 11.3. The van der Waals surface area contributed by atoms with Crippen LogP contribution in [0.4, 0.5) is 5.69 Å². The number of pyridine rings is 2. The molecule has 0 unspecified atom stereocenters. The van der Waals surface area contributed by atoms with E-state index in [9.17, 15) is 8.42 Å². The van der Waals surface area contributed by atoms with Gasteiger partial charge >= 0.3 is 0 Å². The second-order valence-corrected chi connectivity index (χ2v) is 9.91. The van der Waals surface area contributed by atoms with E-state index in [2.05, 4.69) is 26.6 Å². The topological polar surface area (TPSA) is 93.7 Å². The quantitative estimate of drug-likeness (QED) is 0.699. The van der Waals surface area contributed by atoms with Crippen LogP contribution in [0.5, 0.6) is 5.88 Å². The van der Waals surface area contributed by atoms with Crippen molar-refractivity contribution in [2.45, 2.75) is 49.5 Å². The van der Waals surface area contributed by atoms with Crippen molar-refractivity contribution in [2.75, 3.05) is 38.6 Å². The van der Waals surface area contributed by atoms with E-state index < -0.39 is 10.0 Å². The van der Waals surface area contributed by atoms with Crippen molar-refractivity contribution in [3.63, 3.8) is 0 Å². The third-order valence-electron chi connectivity index (χ3n) is 6.07. The highest BCUT2D eigenvalue weighted by molar-refractivity contribution is 7.92. The smallest absolute Gasteiger partial charge is 0.263 e. The molecule has 0 radical (unpaired) electrons. The van der Waals surface area contributed by atoms with E-state index in [0.717, 1.165) is 55.7 Å². The molecular weight excluding hydrogens is 416 g/mol. The maximum absolute atomic E-state index is 13.0. The number of methoxy groups -OCH3 is 1. The molecule has 0 amide bonds. The Hall–Kier alpha value is -2.23. The molecule has 1 N–H and O–H groups in total. The van der Waals surface area contributed by atoms with E-state index in [1.54, 1.807) is 12.1 Å². The number of hydrogen-bond donors (Lipinski definition) is 1. The molecule has 3 heterocycles. The molecule has 0 atom stereocenters. The molecule has 2 aliphatic rings. The van der Waals surface area contributed by atoms with Gasteiger partial charge in [-0.3, -0.25) is 9.71 Å². The zero-order valence-corrected chi connectivity index (χ0v) is 19.1. The van der Waals surface area contributed by atoms with Gasteiger partial charge in [-0.2, -0.15) is 0 Å². The first kappa shape index (κ1) is 22.0. The maximum atomic E-state index is 13.0. The molecule has 1 aliphatic carbocycles. The molecule has 168 valence electrons. The number of sulfonamides is 1. The molecule has 4 rings (SSSR count). The number of anilines is 1. The van der Waals surface area contributed by atoms with Crippen molar-refractivity contribution < 1.29 is 17.9 Å². The Morgan fingerprint density at radius 1 is 1.23 bits per heavy atom. The number of ether oxygens (including phenoxy) is 2. The summed E-state index contributed by atoms with van der Waals surface area (Å²) in [6.45, 7) is 4.53. The van der Waals surface area contributed by atoms with E-state index in [4.69, 9.17) is 9.47 Å². The Labute approximate surface area is 184 Å². The molecule has 2 aromatic rings. The second kappa shape index (κ2) is 9.10. The monoisotopic (exact) mass is 446 g/mol. The van der Waals surface area contributed by atoms with Gasteiger partial charge in [0.15, 0.2) is 0 Å². The molecule has 1 aliphatic heterocycles. The number of nitrogens with one attached hydrogen (secondary N) is 1. The number of hydrogen-bond acceptors (Lipinski definition) is 7. The van der Waals surface area contributed by atoms with Crippen LogP contribution < -0.4 is 9.46 Å². The number of rotatable bonds is 7. The van der Waals surface area contributed by atoms with Gasteiger partial charge in [0.25, 0.3) is 10.0 Å². The van der Waals surface area contributed by atoms with E-state index >= 15 is 0 Å². The highest BCUT2D eigenvalue weighted by Gasteiger charge is 2.32. The summed E-state index contributed by atoms with van der Waals surface area (Å²) in [6, 6.07) is 5.25. The van der Waals surface area contributed by atoms with Gasteiger partial charge in [-0.05, 0) is 57.0 Å². The lowest BCUT2D eigenvalue weighted by Gasteiger charge is -2.34. The van der Waals surface area contributed by atoms with Crippen LogP contribution >= 0.6 is 0 Å². The first-order chi connectivity index (χ1) is 14.9. The Morgan fingerprint density at radius 3 is 2.68 bits per heavy atom. The normalized spacial score (nSPS) is 21.6. The van der Waals surface area contributed by atoms with Gasteiger partial charge in [0, 0.05) is 49.6 Å². The predicted molar refractivity (Wildman–Crippen MR) is 118 cm³/mol. The summed E-state index contributed by atoms with van der Waals surface area (Å²) in [5.74, 6) is 0.612. The molecule has 0 spiro atoms. The number of nitrogens with zero attached hydrogens (tertiary/aromatic N) is 3. The number of aromatic nitrogens is 2. The molecule has 1 fully saturated rings. The van der Waals surface area contributed by atoms with Gasteiger partial charge in [-0.1, -0.05) is 0 Å². The van der Waals surface area contributed by atoms with Crippen molar-refractivity contribution in [2.24, 2.45) is 0 Å². The van der Waals surface area contributed by atoms with Gasteiger partial charge in [0.1, 0.15) is 10.6 Å². The Kier molecular flexibility index (Phi) is 6.45. The standard InChI is InChI=1S/C22H30N4O4S/c1-4-30-17-11-16(12-17)19-6-5-18(14-23-19)31(27,28)25-21-13-15-7-9-26(2)10-8-20(15)24-22(21)29-3/h5-6,13-14,16-17,25H,4,7-12H2,1-3H3/t16-,17+. The fourth-order valence-electron chi connectivity index (χ4n) is 4.13. The fourth-order valence-corrected chi connectivity index (χ4v) is 5.12. The van der Waals surface area contributed by atoms with Gasteiger partial charge < -0.3 is 14.4 Å². The van der Waals surface area contributed by atoms with Crippen LogP contribution in [0.3, 0.4) is 0 Å². The van der Waals surface area contributed by atoms with Gasteiger partial charge in [0.05, 0.1) is 13.2 Å². The van der Waals surface area contributed by atoms with Crippen molar-refractivity contribution >= 4 is 15.7 Å². The third-order valence-corrected chi connectivity index (χ3v) is 7.42. The van der Waals surface area contributed by atoms with Gasteiger partial charge in [-0.15, -0.1) is 0 Å². The lowest BCUT2D eigenvalue weighted by atomic mass is 9.80. The number of fused-ring (bicyclic) bond motifs is 1. The van der Waals surface area contributed by atoms with Crippen LogP contribution in [0.1, 0.15) is 42.6 Å².